The summed E-state index contributed by atoms with van der Waals surface area (Å²) in [7, 11) is 1.83. The Kier molecular flexibility index (Phi) is 5.75. The van der Waals surface area contributed by atoms with E-state index in [0.717, 1.165) is 32.1 Å². The average molecular weight is 343 g/mol. The van der Waals surface area contributed by atoms with Gasteiger partial charge in [0.05, 0.1) is 6.54 Å². The molecular weight excluding hydrogens is 316 g/mol. The second-order valence-corrected chi connectivity index (χ2v) is 7.63. The molecule has 2 heterocycles. The van der Waals surface area contributed by atoms with Gasteiger partial charge in [-0.3, -0.25) is 4.99 Å². The predicted octanol–water partition coefficient (Wildman–Crippen LogP) is 3.25. The molecular formula is C19H26N4S. The zero-order chi connectivity index (χ0) is 16.8. The highest BCUT2D eigenvalue weighted by Crippen LogP contribution is 2.22. The minimum atomic E-state index is 0.660. The molecule has 0 bridgehead atoms. The van der Waals surface area contributed by atoms with Gasteiger partial charge in [-0.25, -0.2) is 0 Å². The van der Waals surface area contributed by atoms with Crippen molar-refractivity contribution in [2.24, 2.45) is 10.9 Å². The lowest BCUT2D eigenvalue weighted by Crippen LogP contribution is -2.39. The Morgan fingerprint density at radius 1 is 1.21 bits per heavy atom. The van der Waals surface area contributed by atoms with Crippen LogP contribution >= 0.6 is 11.3 Å². The second kappa shape index (κ2) is 8.20. The maximum atomic E-state index is 4.33. The van der Waals surface area contributed by atoms with Crippen molar-refractivity contribution in [3.05, 3.63) is 52.2 Å². The first-order valence-corrected chi connectivity index (χ1v) is 9.36. The number of aliphatic imine (C=N–C) groups is 1. The van der Waals surface area contributed by atoms with Crippen molar-refractivity contribution in [2.75, 3.05) is 31.6 Å². The minimum absolute atomic E-state index is 0.660. The Morgan fingerprint density at radius 2 is 2.04 bits per heavy atom. The number of hydrogen-bond acceptors (Lipinski definition) is 3. The lowest BCUT2D eigenvalue weighted by atomic mass is 10.1. The summed E-state index contributed by atoms with van der Waals surface area (Å²) < 4.78 is 0. The number of nitrogens with one attached hydrogen (secondary N) is 2. The molecule has 0 spiro atoms. The summed E-state index contributed by atoms with van der Waals surface area (Å²) in [4.78, 5) is 9.49. The van der Waals surface area contributed by atoms with E-state index in [1.807, 2.05) is 18.4 Å². The molecule has 1 aromatic heterocycles. The van der Waals surface area contributed by atoms with Gasteiger partial charge in [0, 0.05) is 42.1 Å². The van der Waals surface area contributed by atoms with Crippen molar-refractivity contribution >= 4 is 23.0 Å². The van der Waals surface area contributed by atoms with Gasteiger partial charge < -0.3 is 15.5 Å². The Bertz CT molecular complexity index is 665. The first-order valence-electron chi connectivity index (χ1n) is 8.54. The van der Waals surface area contributed by atoms with Gasteiger partial charge >= 0.3 is 0 Å². The highest BCUT2D eigenvalue weighted by molar-refractivity contribution is 7.11. The quantitative estimate of drug-likeness (QED) is 0.647. The second-order valence-electron chi connectivity index (χ2n) is 6.26. The van der Waals surface area contributed by atoms with Crippen molar-refractivity contribution in [2.45, 2.75) is 19.9 Å². The van der Waals surface area contributed by atoms with E-state index in [0.29, 0.717) is 5.92 Å². The number of rotatable bonds is 5. The first-order chi connectivity index (χ1) is 11.7. The van der Waals surface area contributed by atoms with Gasteiger partial charge in [-0.2, -0.15) is 0 Å². The van der Waals surface area contributed by atoms with Gasteiger partial charge in [-0.05, 0) is 43.5 Å². The maximum absolute atomic E-state index is 4.33. The molecule has 1 atom stereocenters. The van der Waals surface area contributed by atoms with Gasteiger partial charge in [0.2, 0.25) is 0 Å². The number of benzene rings is 1. The third-order valence-corrected chi connectivity index (χ3v) is 5.42. The third kappa shape index (κ3) is 4.51. The number of guanidine groups is 1. The first kappa shape index (κ1) is 16.8. The van der Waals surface area contributed by atoms with Gasteiger partial charge in [0.25, 0.3) is 0 Å². The Hall–Kier alpha value is -2.01. The van der Waals surface area contributed by atoms with Gasteiger partial charge in [-0.15, -0.1) is 11.3 Å². The number of thiophene rings is 1. The Labute approximate surface area is 148 Å². The van der Waals surface area contributed by atoms with Crippen molar-refractivity contribution < 1.29 is 0 Å². The fourth-order valence-corrected chi connectivity index (χ4v) is 3.92. The van der Waals surface area contributed by atoms with Crippen LogP contribution in [0.4, 0.5) is 5.69 Å². The molecule has 0 saturated carbocycles. The zero-order valence-electron chi connectivity index (χ0n) is 14.5. The van der Waals surface area contributed by atoms with E-state index in [2.05, 4.69) is 69.9 Å². The molecule has 5 heteroatoms. The van der Waals surface area contributed by atoms with E-state index < -0.39 is 0 Å². The molecule has 4 nitrogen and oxygen atoms in total. The predicted molar refractivity (Wildman–Crippen MR) is 104 cm³/mol. The van der Waals surface area contributed by atoms with Crippen molar-refractivity contribution in [3.8, 4) is 0 Å². The molecule has 3 rings (SSSR count). The molecule has 128 valence electrons. The summed E-state index contributed by atoms with van der Waals surface area (Å²) in [6.45, 7) is 6.18. The fraction of sp³-hybridized carbons (Fsp3) is 0.421. The molecule has 1 aromatic carbocycles. The standard InChI is InChI=1S/C19H26N4S/c1-15-8-9-18(24-15)13-22-19(20-2)21-12-16-10-11-23(14-16)17-6-4-3-5-7-17/h3-9,16H,10-14H2,1-2H3,(H2,20,21,22). The Morgan fingerprint density at radius 3 is 2.75 bits per heavy atom. The highest BCUT2D eigenvalue weighted by Gasteiger charge is 2.22. The van der Waals surface area contributed by atoms with Crippen molar-refractivity contribution in [1.29, 1.82) is 0 Å². The van der Waals surface area contributed by atoms with E-state index in [1.54, 1.807) is 0 Å². The molecule has 1 aliphatic rings. The van der Waals surface area contributed by atoms with E-state index >= 15 is 0 Å². The van der Waals surface area contributed by atoms with Crippen LogP contribution in [0.1, 0.15) is 16.2 Å². The number of aryl methyl sites for hydroxylation is 1. The van der Waals surface area contributed by atoms with Gasteiger partial charge in [0.1, 0.15) is 0 Å². The molecule has 1 fully saturated rings. The lowest BCUT2D eigenvalue weighted by Gasteiger charge is -2.19. The number of nitrogens with zero attached hydrogens (tertiary/aromatic N) is 2. The van der Waals surface area contributed by atoms with E-state index in [4.69, 9.17) is 0 Å². The van der Waals surface area contributed by atoms with Crippen LogP contribution in [0.3, 0.4) is 0 Å². The van der Waals surface area contributed by atoms with Crippen LogP contribution < -0.4 is 15.5 Å². The molecule has 2 N–H and O–H groups in total. The monoisotopic (exact) mass is 342 g/mol. The molecule has 0 radical (unpaired) electrons. The molecule has 0 aliphatic carbocycles. The molecule has 2 aromatic rings. The molecule has 24 heavy (non-hydrogen) atoms. The summed E-state index contributed by atoms with van der Waals surface area (Å²) in [6.07, 6.45) is 1.23. The highest BCUT2D eigenvalue weighted by atomic mass is 32.1. The largest absolute Gasteiger partial charge is 0.371 e. The fourth-order valence-electron chi connectivity index (χ4n) is 3.09. The van der Waals surface area contributed by atoms with E-state index in [1.165, 1.54) is 21.9 Å². The lowest BCUT2D eigenvalue weighted by molar-refractivity contribution is 0.566. The van der Waals surface area contributed by atoms with Crippen LogP contribution in [-0.2, 0) is 6.54 Å². The average Bonchev–Trinajstić information content (AvgIpc) is 3.25. The third-order valence-electron chi connectivity index (χ3n) is 4.42. The molecule has 1 unspecified atom stereocenters. The number of para-hydroxylation sites is 1. The normalized spacial score (nSPS) is 18.0. The minimum Gasteiger partial charge on any atom is -0.371 e. The maximum Gasteiger partial charge on any atom is 0.191 e. The molecule has 1 saturated heterocycles. The van der Waals surface area contributed by atoms with Crippen LogP contribution in [0.25, 0.3) is 0 Å². The summed E-state index contributed by atoms with van der Waals surface area (Å²) in [6, 6.07) is 15.0. The zero-order valence-corrected chi connectivity index (χ0v) is 15.3. The van der Waals surface area contributed by atoms with Crippen LogP contribution in [0.2, 0.25) is 0 Å². The summed E-state index contributed by atoms with van der Waals surface area (Å²) in [5, 5.41) is 6.88. The van der Waals surface area contributed by atoms with E-state index in [9.17, 15) is 0 Å². The topological polar surface area (TPSA) is 39.7 Å². The van der Waals surface area contributed by atoms with Crippen molar-refractivity contribution in [1.82, 2.24) is 10.6 Å². The van der Waals surface area contributed by atoms with Crippen molar-refractivity contribution in [3.63, 3.8) is 0 Å². The van der Waals surface area contributed by atoms with Crippen LogP contribution in [0.15, 0.2) is 47.5 Å². The summed E-state index contributed by atoms with van der Waals surface area (Å²) in [5.41, 5.74) is 1.33. The molecule has 1 aliphatic heterocycles. The SMILES string of the molecule is CN=C(NCc1ccc(C)s1)NCC1CCN(c2ccccc2)C1. The van der Waals surface area contributed by atoms with Crippen LogP contribution in [0.5, 0.6) is 0 Å². The summed E-state index contributed by atoms with van der Waals surface area (Å²) >= 11 is 1.83. The molecule has 0 amide bonds. The van der Waals surface area contributed by atoms with Gasteiger partial charge in [0.15, 0.2) is 5.96 Å². The Balaban J connectivity index is 1.43. The van der Waals surface area contributed by atoms with Gasteiger partial charge in [-0.1, -0.05) is 18.2 Å². The van der Waals surface area contributed by atoms with Crippen LogP contribution in [-0.4, -0.2) is 32.6 Å². The number of hydrogen-bond donors (Lipinski definition) is 2. The summed E-state index contributed by atoms with van der Waals surface area (Å²) in [5.74, 6) is 1.55. The smallest absolute Gasteiger partial charge is 0.191 e. The number of anilines is 1. The van der Waals surface area contributed by atoms with Crippen LogP contribution in [0, 0.1) is 12.8 Å². The van der Waals surface area contributed by atoms with E-state index in [-0.39, 0.29) is 0 Å².